The zero-order chi connectivity index (χ0) is 12.9. The van der Waals surface area contributed by atoms with Crippen molar-refractivity contribution in [3.63, 3.8) is 0 Å². The van der Waals surface area contributed by atoms with Crippen molar-refractivity contribution in [1.29, 1.82) is 0 Å². The largest absolute Gasteiger partial charge is 0.356 e. The summed E-state index contributed by atoms with van der Waals surface area (Å²) < 4.78 is 0. The molecule has 0 aromatic carbocycles. The lowest BCUT2D eigenvalue weighted by atomic mass is 9.89. The van der Waals surface area contributed by atoms with E-state index in [1.54, 1.807) is 0 Å². The Kier molecular flexibility index (Phi) is 4.99. The van der Waals surface area contributed by atoms with Gasteiger partial charge in [-0.1, -0.05) is 19.8 Å². The van der Waals surface area contributed by atoms with Crippen LogP contribution in [0.2, 0.25) is 0 Å². The Morgan fingerprint density at radius 3 is 2.35 bits per heavy atom. The predicted octanol–water partition coefficient (Wildman–Crippen LogP) is 2.46. The maximum atomic E-state index is 11.7. The van der Waals surface area contributed by atoms with Crippen molar-refractivity contribution in [1.82, 2.24) is 10.6 Å². The van der Waals surface area contributed by atoms with Crippen molar-refractivity contribution in [3.05, 3.63) is 0 Å². The quantitative estimate of drug-likeness (QED) is 0.775. The summed E-state index contributed by atoms with van der Waals surface area (Å²) in [5.74, 6) is 0.176. The molecule has 1 rings (SSSR count). The first-order valence-corrected chi connectivity index (χ1v) is 6.83. The average Bonchev–Trinajstić information content (AvgIpc) is 2.61. The normalized spacial score (nSPS) is 19.3. The minimum absolute atomic E-state index is 0.0950. The Morgan fingerprint density at radius 2 is 1.82 bits per heavy atom. The van der Waals surface area contributed by atoms with Crippen LogP contribution in [-0.4, -0.2) is 24.5 Å². The van der Waals surface area contributed by atoms with Crippen LogP contribution in [-0.2, 0) is 4.79 Å². The van der Waals surface area contributed by atoms with Gasteiger partial charge in [-0.15, -0.1) is 0 Å². The molecule has 0 spiro atoms. The fourth-order valence-corrected chi connectivity index (χ4v) is 2.36. The number of amides is 1. The number of nitrogens with one attached hydrogen (secondary N) is 2. The molecule has 17 heavy (non-hydrogen) atoms. The summed E-state index contributed by atoms with van der Waals surface area (Å²) in [6, 6.07) is 0. The van der Waals surface area contributed by atoms with Crippen LogP contribution in [0.15, 0.2) is 0 Å². The number of carbonyl (C=O) groups is 1. The molecule has 0 aromatic rings. The molecule has 0 atom stereocenters. The van der Waals surface area contributed by atoms with E-state index in [9.17, 15) is 4.79 Å². The molecule has 1 aliphatic rings. The first-order valence-electron chi connectivity index (χ1n) is 6.83. The van der Waals surface area contributed by atoms with Crippen molar-refractivity contribution in [2.24, 2.45) is 5.41 Å². The molecule has 0 unspecified atom stereocenters. The van der Waals surface area contributed by atoms with Gasteiger partial charge >= 0.3 is 0 Å². The third-order valence-electron chi connectivity index (χ3n) is 3.53. The van der Waals surface area contributed by atoms with Gasteiger partial charge in [0, 0.05) is 25.0 Å². The first-order chi connectivity index (χ1) is 7.81. The zero-order valence-corrected chi connectivity index (χ0v) is 11.9. The maximum absolute atomic E-state index is 11.7. The molecular weight excluding hydrogens is 212 g/mol. The molecule has 0 bridgehead atoms. The summed E-state index contributed by atoms with van der Waals surface area (Å²) in [5.41, 5.74) is 0.449. The van der Waals surface area contributed by atoms with Gasteiger partial charge in [-0.3, -0.25) is 4.79 Å². The second-order valence-electron chi connectivity index (χ2n) is 6.72. The third-order valence-corrected chi connectivity index (χ3v) is 3.53. The van der Waals surface area contributed by atoms with Gasteiger partial charge in [0.25, 0.3) is 0 Å². The smallest absolute Gasteiger partial charge is 0.221 e. The highest BCUT2D eigenvalue weighted by Crippen LogP contribution is 2.36. The molecule has 3 heteroatoms. The van der Waals surface area contributed by atoms with Crippen molar-refractivity contribution >= 4 is 5.91 Å². The van der Waals surface area contributed by atoms with Gasteiger partial charge < -0.3 is 10.6 Å². The van der Waals surface area contributed by atoms with E-state index in [0.29, 0.717) is 11.8 Å². The molecule has 1 amide bonds. The van der Waals surface area contributed by atoms with Crippen molar-refractivity contribution in [2.45, 2.75) is 65.3 Å². The maximum Gasteiger partial charge on any atom is 0.221 e. The molecule has 0 aliphatic heterocycles. The van der Waals surface area contributed by atoms with Gasteiger partial charge in [0.2, 0.25) is 5.91 Å². The van der Waals surface area contributed by atoms with Crippen LogP contribution < -0.4 is 10.6 Å². The van der Waals surface area contributed by atoms with E-state index in [4.69, 9.17) is 0 Å². The Bertz CT molecular complexity index is 249. The van der Waals surface area contributed by atoms with Crippen LogP contribution in [0.25, 0.3) is 0 Å². The van der Waals surface area contributed by atoms with Gasteiger partial charge in [0.15, 0.2) is 0 Å². The summed E-state index contributed by atoms with van der Waals surface area (Å²) in [6.07, 6.45) is 5.73. The molecule has 1 saturated carbocycles. The highest BCUT2D eigenvalue weighted by atomic mass is 16.1. The highest BCUT2D eigenvalue weighted by molar-refractivity contribution is 5.76. The van der Waals surface area contributed by atoms with E-state index in [-0.39, 0.29) is 11.4 Å². The lowest BCUT2D eigenvalue weighted by Gasteiger charge is -2.24. The number of rotatable bonds is 5. The van der Waals surface area contributed by atoms with Gasteiger partial charge in [-0.05, 0) is 39.0 Å². The lowest BCUT2D eigenvalue weighted by Crippen LogP contribution is -2.40. The van der Waals surface area contributed by atoms with Gasteiger partial charge in [-0.2, -0.15) is 0 Å². The van der Waals surface area contributed by atoms with E-state index in [1.165, 1.54) is 25.7 Å². The summed E-state index contributed by atoms with van der Waals surface area (Å²) in [7, 11) is 0. The molecule has 0 radical (unpaired) electrons. The molecular formula is C14H28N2O. The van der Waals surface area contributed by atoms with Gasteiger partial charge in [-0.25, -0.2) is 0 Å². The van der Waals surface area contributed by atoms with E-state index in [2.05, 4.69) is 38.3 Å². The molecule has 100 valence electrons. The topological polar surface area (TPSA) is 41.1 Å². The Labute approximate surface area is 106 Å². The monoisotopic (exact) mass is 240 g/mol. The fraction of sp³-hybridized carbons (Fsp3) is 0.929. The summed E-state index contributed by atoms with van der Waals surface area (Å²) in [4.78, 5) is 11.7. The molecule has 2 N–H and O–H groups in total. The minimum Gasteiger partial charge on any atom is -0.356 e. The Balaban J connectivity index is 2.13. The zero-order valence-electron chi connectivity index (χ0n) is 11.9. The molecule has 0 heterocycles. The molecule has 3 nitrogen and oxygen atoms in total. The van der Waals surface area contributed by atoms with Crippen molar-refractivity contribution in [2.75, 3.05) is 13.1 Å². The SMILES string of the molecule is CC1(CNC(=O)CCNC(C)(C)C)CCCC1. The van der Waals surface area contributed by atoms with Crippen LogP contribution in [0.4, 0.5) is 0 Å². The van der Waals surface area contributed by atoms with Crippen LogP contribution in [0, 0.1) is 5.41 Å². The summed E-state index contributed by atoms with van der Waals surface area (Å²) >= 11 is 0. The van der Waals surface area contributed by atoms with Crippen molar-refractivity contribution < 1.29 is 4.79 Å². The molecule has 0 aromatic heterocycles. The Hall–Kier alpha value is -0.570. The fourth-order valence-electron chi connectivity index (χ4n) is 2.36. The number of hydrogen-bond acceptors (Lipinski definition) is 2. The highest BCUT2D eigenvalue weighted by Gasteiger charge is 2.28. The van der Waals surface area contributed by atoms with E-state index in [0.717, 1.165) is 13.1 Å². The summed E-state index contributed by atoms with van der Waals surface area (Å²) in [6.45, 7) is 10.2. The Morgan fingerprint density at radius 1 is 1.24 bits per heavy atom. The molecule has 0 saturated heterocycles. The minimum atomic E-state index is 0.0950. The molecule has 1 aliphatic carbocycles. The number of hydrogen-bond donors (Lipinski definition) is 2. The van der Waals surface area contributed by atoms with Crippen LogP contribution in [0.3, 0.4) is 0 Å². The van der Waals surface area contributed by atoms with Crippen LogP contribution in [0.5, 0.6) is 0 Å². The lowest BCUT2D eigenvalue weighted by molar-refractivity contribution is -0.121. The second-order valence-corrected chi connectivity index (χ2v) is 6.72. The van der Waals surface area contributed by atoms with E-state index >= 15 is 0 Å². The van der Waals surface area contributed by atoms with Gasteiger partial charge in [0.1, 0.15) is 0 Å². The van der Waals surface area contributed by atoms with E-state index in [1.807, 2.05) is 0 Å². The standard InChI is InChI=1S/C14H28N2O/c1-13(2,3)16-10-7-12(17)15-11-14(4)8-5-6-9-14/h16H,5-11H2,1-4H3,(H,15,17). The average molecular weight is 240 g/mol. The number of carbonyl (C=O) groups excluding carboxylic acids is 1. The van der Waals surface area contributed by atoms with Gasteiger partial charge in [0.05, 0.1) is 0 Å². The summed E-state index contributed by atoms with van der Waals surface area (Å²) in [5, 5.41) is 6.40. The van der Waals surface area contributed by atoms with Crippen LogP contribution in [0.1, 0.15) is 59.8 Å². The van der Waals surface area contributed by atoms with Crippen molar-refractivity contribution in [3.8, 4) is 0 Å². The van der Waals surface area contributed by atoms with Crippen LogP contribution >= 0.6 is 0 Å². The second kappa shape index (κ2) is 5.85. The third kappa shape index (κ3) is 6.06. The predicted molar refractivity (Wildman–Crippen MR) is 72.0 cm³/mol. The first kappa shape index (κ1) is 14.5. The van der Waals surface area contributed by atoms with E-state index < -0.39 is 0 Å². The molecule has 1 fully saturated rings.